The van der Waals surface area contributed by atoms with Gasteiger partial charge in [0, 0.05) is 32.0 Å². The molecule has 0 bridgehead atoms. The Morgan fingerprint density at radius 3 is 2.62 bits per heavy atom. The van der Waals surface area contributed by atoms with Crippen LogP contribution in [-0.4, -0.2) is 53.8 Å². The zero-order valence-corrected chi connectivity index (χ0v) is 15.6. The molecule has 0 aromatic carbocycles. The summed E-state index contributed by atoms with van der Waals surface area (Å²) in [4.78, 5) is 23.4. The zero-order chi connectivity index (χ0) is 20.1. The molecule has 0 unspecified atom stereocenters. The van der Waals surface area contributed by atoms with Crippen LogP contribution in [-0.2, 0) is 0 Å². The number of hydrogen-bond donors (Lipinski definition) is 1. The predicted octanol–water partition coefficient (Wildman–Crippen LogP) is 1.94. The average molecular weight is 402 g/mol. The van der Waals surface area contributed by atoms with Crippen molar-refractivity contribution in [1.82, 2.24) is 34.7 Å². The molecule has 29 heavy (non-hydrogen) atoms. The van der Waals surface area contributed by atoms with Gasteiger partial charge >= 0.3 is 0 Å². The smallest absolute Gasteiger partial charge is 0.298 e. The summed E-state index contributed by atoms with van der Waals surface area (Å²) < 4.78 is 29.8. The Labute approximate surface area is 164 Å². The minimum absolute atomic E-state index is 0.0429. The van der Waals surface area contributed by atoms with Crippen molar-refractivity contribution >= 4 is 5.82 Å². The molecule has 0 amide bonds. The largest absolute Gasteiger partial charge is 0.356 e. The second kappa shape index (κ2) is 6.46. The van der Waals surface area contributed by atoms with Crippen molar-refractivity contribution in [3.8, 4) is 11.5 Å². The number of aromatic nitrogens is 7. The predicted molar refractivity (Wildman–Crippen MR) is 99.6 cm³/mol. The van der Waals surface area contributed by atoms with E-state index >= 15 is 0 Å². The second-order valence-corrected chi connectivity index (χ2v) is 7.91. The molecule has 1 aliphatic carbocycles. The minimum atomic E-state index is -2.53. The molecular formula is C18H20F2N8O. The van der Waals surface area contributed by atoms with Crippen LogP contribution in [0.4, 0.5) is 14.6 Å². The Morgan fingerprint density at radius 2 is 1.86 bits per heavy atom. The Kier molecular flexibility index (Phi) is 4.00. The Morgan fingerprint density at radius 1 is 1.07 bits per heavy atom. The molecule has 2 fully saturated rings. The maximum absolute atomic E-state index is 13.6. The number of hydrogen-bond acceptors (Lipinski definition) is 6. The molecule has 1 saturated carbocycles. The standard InChI is InChI=1S/C18H20F2N8O/c19-18(20)3-1-17(2-4-18)5-7-26(11-17)14-9-15(22-12-21-14)28-16(29)13(10-24-28)27-8-6-23-25-27/h6,8-10,12,24H,1-5,7,11H2. The highest BCUT2D eigenvalue weighted by Crippen LogP contribution is 2.49. The van der Waals surface area contributed by atoms with Crippen LogP contribution in [0.3, 0.4) is 0 Å². The van der Waals surface area contributed by atoms with Crippen molar-refractivity contribution in [1.29, 1.82) is 0 Å². The molecule has 1 aliphatic heterocycles. The lowest BCUT2D eigenvalue weighted by atomic mass is 9.72. The molecule has 3 aromatic heterocycles. The summed E-state index contributed by atoms with van der Waals surface area (Å²) in [5.74, 6) is -1.44. The van der Waals surface area contributed by atoms with E-state index in [1.807, 2.05) is 0 Å². The van der Waals surface area contributed by atoms with E-state index in [2.05, 4.69) is 30.3 Å². The first-order chi connectivity index (χ1) is 13.9. The third kappa shape index (κ3) is 3.19. The summed E-state index contributed by atoms with van der Waals surface area (Å²) in [7, 11) is 0. The van der Waals surface area contributed by atoms with Crippen molar-refractivity contribution in [3.05, 3.63) is 41.3 Å². The highest BCUT2D eigenvalue weighted by atomic mass is 19.3. The number of alkyl halides is 2. The fourth-order valence-corrected chi connectivity index (χ4v) is 4.35. The molecule has 0 radical (unpaired) electrons. The van der Waals surface area contributed by atoms with Gasteiger partial charge in [0.1, 0.15) is 12.1 Å². The van der Waals surface area contributed by atoms with Crippen molar-refractivity contribution in [2.45, 2.75) is 38.0 Å². The van der Waals surface area contributed by atoms with Crippen LogP contribution >= 0.6 is 0 Å². The van der Waals surface area contributed by atoms with Gasteiger partial charge in [0.2, 0.25) is 5.92 Å². The maximum atomic E-state index is 13.6. The summed E-state index contributed by atoms with van der Waals surface area (Å²) in [5, 5.41) is 10.4. The van der Waals surface area contributed by atoms with Crippen molar-refractivity contribution < 1.29 is 8.78 Å². The van der Waals surface area contributed by atoms with Crippen LogP contribution in [0.2, 0.25) is 0 Å². The van der Waals surface area contributed by atoms with Gasteiger partial charge in [0.05, 0.1) is 18.6 Å². The van der Waals surface area contributed by atoms with Gasteiger partial charge in [-0.15, -0.1) is 5.10 Å². The first-order valence-electron chi connectivity index (χ1n) is 9.57. The first-order valence-corrected chi connectivity index (χ1v) is 9.57. The molecule has 11 heteroatoms. The summed E-state index contributed by atoms with van der Waals surface area (Å²) in [6.07, 6.45) is 7.87. The van der Waals surface area contributed by atoms with E-state index in [0.717, 1.165) is 13.0 Å². The van der Waals surface area contributed by atoms with Crippen molar-refractivity contribution in [3.63, 3.8) is 0 Å². The monoisotopic (exact) mass is 402 g/mol. The third-order valence-corrected chi connectivity index (χ3v) is 6.09. The van der Waals surface area contributed by atoms with E-state index in [-0.39, 0.29) is 23.8 Å². The molecule has 4 heterocycles. The topological polar surface area (TPSA) is 97.5 Å². The summed E-state index contributed by atoms with van der Waals surface area (Å²) >= 11 is 0. The molecule has 3 aromatic rings. The molecule has 1 saturated heterocycles. The Bertz CT molecular complexity index is 1060. The highest BCUT2D eigenvalue weighted by molar-refractivity contribution is 5.45. The maximum Gasteiger partial charge on any atom is 0.298 e. The van der Waals surface area contributed by atoms with Gasteiger partial charge in [-0.2, -0.15) is 4.68 Å². The van der Waals surface area contributed by atoms with E-state index in [1.54, 1.807) is 12.3 Å². The number of anilines is 1. The highest BCUT2D eigenvalue weighted by Gasteiger charge is 2.46. The molecule has 1 spiro atoms. The van der Waals surface area contributed by atoms with Gasteiger partial charge in [-0.25, -0.2) is 23.4 Å². The van der Waals surface area contributed by atoms with E-state index < -0.39 is 5.92 Å². The zero-order valence-electron chi connectivity index (χ0n) is 15.6. The fourth-order valence-electron chi connectivity index (χ4n) is 4.35. The number of nitrogens with one attached hydrogen (secondary N) is 1. The van der Waals surface area contributed by atoms with Crippen LogP contribution < -0.4 is 10.5 Å². The van der Waals surface area contributed by atoms with Crippen LogP contribution in [0.25, 0.3) is 11.5 Å². The quantitative estimate of drug-likeness (QED) is 0.719. The number of rotatable bonds is 3. The fraction of sp³-hybridized carbons (Fsp3) is 0.500. The van der Waals surface area contributed by atoms with E-state index in [9.17, 15) is 13.6 Å². The second-order valence-electron chi connectivity index (χ2n) is 7.91. The SMILES string of the molecule is O=c1c(-n2ccnn2)c[nH]n1-c1cc(N2CCC3(CCC(F)(F)CC3)C2)ncn1. The molecular weight excluding hydrogens is 382 g/mol. The van der Waals surface area contributed by atoms with E-state index in [0.29, 0.717) is 36.7 Å². The average Bonchev–Trinajstić information content (AvgIpc) is 3.45. The molecule has 5 rings (SSSR count). The summed E-state index contributed by atoms with van der Waals surface area (Å²) in [6, 6.07) is 1.74. The van der Waals surface area contributed by atoms with Crippen molar-refractivity contribution in [2.75, 3.05) is 18.0 Å². The van der Waals surface area contributed by atoms with Gasteiger partial charge in [0.25, 0.3) is 5.56 Å². The molecule has 152 valence electrons. The molecule has 0 atom stereocenters. The van der Waals surface area contributed by atoms with E-state index in [4.69, 9.17) is 0 Å². The Hall–Kier alpha value is -3.11. The molecule has 2 aliphatic rings. The first kappa shape index (κ1) is 18.0. The molecule has 1 N–H and O–H groups in total. The van der Waals surface area contributed by atoms with Crippen LogP contribution in [0, 0.1) is 5.41 Å². The Balaban J connectivity index is 1.38. The summed E-state index contributed by atoms with van der Waals surface area (Å²) in [5.41, 5.74) is -0.0606. The van der Waals surface area contributed by atoms with Crippen LogP contribution in [0.15, 0.2) is 35.8 Å². The number of aromatic amines is 1. The lowest BCUT2D eigenvalue weighted by molar-refractivity contribution is -0.0627. The van der Waals surface area contributed by atoms with Gasteiger partial charge in [-0.3, -0.25) is 9.89 Å². The number of H-pyrrole nitrogens is 1. The normalized spacial score (nSPS) is 20.4. The number of nitrogens with zero attached hydrogens (tertiary/aromatic N) is 7. The lowest BCUT2D eigenvalue weighted by Gasteiger charge is -2.37. The van der Waals surface area contributed by atoms with Gasteiger partial charge < -0.3 is 4.90 Å². The van der Waals surface area contributed by atoms with Crippen molar-refractivity contribution in [2.24, 2.45) is 5.41 Å². The van der Waals surface area contributed by atoms with E-state index in [1.165, 1.54) is 28.1 Å². The minimum Gasteiger partial charge on any atom is -0.356 e. The van der Waals surface area contributed by atoms with Gasteiger partial charge in [-0.05, 0) is 24.7 Å². The van der Waals surface area contributed by atoms with Gasteiger partial charge in [-0.1, -0.05) is 5.21 Å². The van der Waals surface area contributed by atoms with Crippen LogP contribution in [0.5, 0.6) is 0 Å². The third-order valence-electron chi connectivity index (χ3n) is 6.09. The van der Waals surface area contributed by atoms with Crippen LogP contribution in [0.1, 0.15) is 32.1 Å². The summed E-state index contributed by atoms with van der Waals surface area (Å²) in [6.45, 7) is 1.45. The molecule has 9 nitrogen and oxygen atoms in total. The van der Waals surface area contributed by atoms with Gasteiger partial charge in [0.15, 0.2) is 11.5 Å². The number of halogens is 2. The lowest BCUT2D eigenvalue weighted by Crippen LogP contribution is -2.35.